The Balaban J connectivity index is 1.66. The van der Waals surface area contributed by atoms with E-state index in [0.717, 1.165) is 12.1 Å². The minimum atomic E-state index is -4.42. The van der Waals surface area contributed by atoms with Gasteiger partial charge in [-0.15, -0.1) is 0 Å². The van der Waals surface area contributed by atoms with Gasteiger partial charge in [0.15, 0.2) is 0 Å². The van der Waals surface area contributed by atoms with Crippen LogP contribution < -0.4 is 0 Å². The molecule has 1 amide bonds. The van der Waals surface area contributed by atoms with Gasteiger partial charge in [-0.05, 0) is 37.0 Å². The zero-order chi connectivity index (χ0) is 19.9. The van der Waals surface area contributed by atoms with Crippen LogP contribution in [0.5, 0.6) is 0 Å². The number of benzene rings is 1. The van der Waals surface area contributed by atoms with Crippen molar-refractivity contribution in [1.29, 1.82) is 0 Å². The van der Waals surface area contributed by atoms with Gasteiger partial charge in [0, 0.05) is 13.0 Å². The molecule has 1 saturated carbocycles. The average Bonchev–Trinajstić information content (AvgIpc) is 3.30. The molecule has 5 nitrogen and oxygen atoms in total. The lowest BCUT2D eigenvalue weighted by atomic mass is 10.1. The Labute approximate surface area is 153 Å². The summed E-state index contributed by atoms with van der Waals surface area (Å²) in [5.41, 5.74) is -0.184. The third kappa shape index (κ3) is 3.99. The van der Waals surface area contributed by atoms with Crippen molar-refractivity contribution in [2.45, 2.75) is 32.0 Å². The number of carboxylic acid groups (broad SMARTS) is 1. The van der Waals surface area contributed by atoms with E-state index in [-0.39, 0.29) is 35.6 Å². The Bertz CT molecular complexity index is 887. The molecule has 0 aliphatic heterocycles. The van der Waals surface area contributed by atoms with Crippen molar-refractivity contribution in [1.82, 2.24) is 4.90 Å². The highest BCUT2D eigenvalue weighted by Crippen LogP contribution is 2.49. The van der Waals surface area contributed by atoms with Gasteiger partial charge in [0.05, 0.1) is 12.1 Å². The summed E-state index contributed by atoms with van der Waals surface area (Å²) >= 11 is 0. The summed E-state index contributed by atoms with van der Waals surface area (Å²) in [6.45, 7) is 1.62. The molecule has 1 aliphatic rings. The summed E-state index contributed by atoms with van der Waals surface area (Å²) in [4.78, 5) is 25.0. The Morgan fingerprint density at radius 1 is 1.30 bits per heavy atom. The summed E-state index contributed by atoms with van der Waals surface area (Å²) in [7, 11) is 1.56. The van der Waals surface area contributed by atoms with Crippen molar-refractivity contribution >= 4 is 11.9 Å². The van der Waals surface area contributed by atoms with Crippen molar-refractivity contribution in [3.05, 3.63) is 58.5 Å². The molecule has 0 bridgehead atoms. The van der Waals surface area contributed by atoms with Crippen molar-refractivity contribution in [3.63, 3.8) is 0 Å². The normalized spacial score (nSPS) is 19.0. The van der Waals surface area contributed by atoms with Gasteiger partial charge in [-0.1, -0.05) is 18.2 Å². The predicted octanol–water partition coefficient (Wildman–Crippen LogP) is 4.07. The first kappa shape index (κ1) is 19.0. The van der Waals surface area contributed by atoms with E-state index in [2.05, 4.69) is 0 Å². The van der Waals surface area contributed by atoms with Crippen LogP contribution >= 0.6 is 0 Å². The number of halogens is 3. The topological polar surface area (TPSA) is 70.8 Å². The standard InChI is InChI=1S/C19H18F3NO4/c1-10-14(18(25)26)7-13(27-10)9-23(2)17(24)16-8-15(16)11-4-3-5-12(6-11)19(20,21)22/h3-7,15-16H,8-9H2,1-2H3,(H,25,26). The average molecular weight is 381 g/mol. The molecule has 144 valence electrons. The molecule has 0 spiro atoms. The SMILES string of the molecule is Cc1oc(CN(C)C(=O)C2CC2c2cccc(C(F)(F)F)c2)cc1C(=O)O. The van der Waals surface area contributed by atoms with Crippen molar-refractivity contribution in [3.8, 4) is 0 Å². The van der Waals surface area contributed by atoms with Crippen LogP contribution in [0.3, 0.4) is 0 Å². The minimum Gasteiger partial charge on any atom is -0.478 e. The largest absolute Gasteiger partial charge is 0.478 e. The molecule has 0 saturated heterocycles. The van der Waals surface area contributed by atoms with Gasteiger partial charge in [-0.2, -0.15) is 13.2 Å². The number of alkyl halides is 3. The fraction of sp³-hybridized carbons (Fsp3) is 0.368. The van der Waals surface area contributed by atoms with Crippen molar-refractivity contribution in [2.75, 3.05) is 7.05 Å². The van der Waals surface area contributed by atoms with Crippen LogP contribution in [0.1, 0.15) is 45.3 Å². The third-order valence-corrected chi connectivity index (χ3v) is 4.72. The number of amides is 1. The zero-order valence-electron chi connectivity index (χ0n) is 14.7. The molecule has 1 aromatic heterocycles. The molecule has 1 aliphatic carbocycles. The van der Waals surface area contributed by atoms with Crippen molar-refractivity contribution in [2.24, 2.45) is 5.92 Å². The molecule has 3 rings (SSSR count). The van der Waals surface area contributed by atoms with Gasteiger partial charge in [0.2, 0.25) is 5.91 Å². The lowest BCUT2D eigenvalue weighted by Crippen LogP contribution is -2.27. The van der Waals surface area contributed by atoms with Crippen LogP contribution in [0.4, 0.5) is 13.2 Å². The molecule has 1 aromatic carbocycles. The van der Waals surface area contributed by atoms with E-state index in [0.29, 0.717) is 17.7 Å². The maximum atomic E-state index is 12.8. The van der Waals surface area contributed by atoms with E-state index in [4.69, 9.17) is 9.52 Å². The molecular weight excluding hydrogens is 363 g/mol. The highest BCUT2D eigenvalue weighted by molar-refractivity contribution is 5.89. The maximum Gasteiger partial charge on any atom is 0.416 e. The first-order valence-corrected chi connectivity index (χ1v) is 8.32. The zero-order valence-corrected chi connectivity index (χ0v) is 14.7. The van der Waals surface area contributed by atoms with E-state index in [1.54, 1.807) is 13.1 Å². The van der Waals surface area contributed by atoms with Gasteiger partial charge < -0.3 is 14.4 Å². The Morgan fingerprint density at radius 3 is 2.59 bits per heavy atom. The fourth-order valence-electron chi connectivity index (χ4n) is 3.21. The highest BCUT2D eigenvalue weighted by atomic mass is 19.4. The van der Waals surface area contributed by atoms with Crippen LogP contribution in [0.15, 0.2) is 34.7 Å². The van der Waals surface area contributed by atoms with E-state index >= 15 is 0 Å². The fourth-order valence-corrected chi connectivity index (χ4v) is 3.21. The van der Waals surface area contributed by atoms with Crippen LogP contribution in [0.2, 0.25) is 0 Å². The molecule has 2 atom stereocenters. The summed E-state index contributed by atoms with van der Waals surface area (Å²) in [5.74, 6) is -1.33. The van der Waals surface area contributed by atoms with E-state index in [1.807, 2.05) is 0 Å². The second-order valence-electron chi connectivity index (χ2n) is 6.75. The first-order chi connectivity index (χ1) is 12.6. The number of carbonyl (C=O) groups excluding carboxylic acids is 1. The summed E-state index contributed by atoms with van der Waals surface area (Å²) in [6.07, 6.45) is -3.93. The maximum absolute atomic E-state index is 12.8. The van der Waals surface area contributed by atoms with E-state index in [9.17, 15) is 22.8 Å². The lowest BCUT2D eigenvalue weighted by molar-refractivity contribution is -0.137. The molecular formula is C19H18F3NO4. The van der Waals surface area contributed by atoms with Gasteiger partial charge in [0.1, 0.15) is 17.1 Å². The predicted molar refractivity (Wildman–Crippen MR) is 89.2 cm³/mol. The van der Waals surface area contributed by atoms with Crippen LogP contribution in [0.25, 0.3) is 0 Å². The molecule has 8 heteroatoms. The van der Waals surface area contributed by atoms with Crippen molar-refractivity contribution < 1.29 is 32.3 Å². The number of hydrogen-bond acceptors (Lipinski definition) is 3. The summed E-state index contributed by atoms with van der Waals surface area (Å²) in [5, 5.41) is 9.04. The van der Waals surface area contributed by atoms with Crippen LogP contribution in [-0.2, 0) is 17.5 Å². The number of hydrogen-bond donors (Lipinski definition) is 1. The Kier molecular flexibility index (Phi) is 4.75. The molecule has 1 fully saturated rings. The van der Waals surface area contributed by atoms with Gasteiger partial charge in [-0.25, -0.2) is 4.79 Å². The van der Waals surface area contributed by atoms with Gasteiger partial charge >= 0.3 is 12.1 Å². The van der Waals surface area contributed by atoms with Gasteiger partial charge in [0.25, 0.3) is 0 Å². The summed E-state index contributed by atoms with van der Waals surface area (Å²) in [6, 6.07) is 6.42. The van der Waals surface area contributed by atoms with Crippen LogP contribution in [-0.4, -0.2) is 28.9 Å². The number of aromatic carboxylic acids is 1. The van der Waals surface area contributed by atoms with Gasteiger partial charge in [-0.3, -0.25) is 4.79 Å². The Morgan fingerprint density at radius 2 is 2.00 bits per heavy atom. The van der Waals surface area contributed by atoms with E-state index < -0.39 is 17.7 Å². The Hall–Kier alpha value is -2.77. The molecule has 1 N–H and O–H groups in total. The second-order valence-corrected chi connectivity index (χ2v) is 6.75. The molecule has 2 aromatic rings. The number of furan rings is 1. The first-order valence-electron chi connectivity index (χ1n) is 8.32. The third-order valence-electron chi connectivity index (χ3n) is 4.72. The molecule has 1 heterocycles. The van der Waals surface area contributed by atoms with E-state index in [1.165, 1.54) is 24.0 Å². The monoisotopic (exact) mass is 381 g/mol. The number of carboxylic acids is 1. The number of rotatable bonds is 5. The second kappa shape index (κ2) is 6.75. The molecule has 0 radical (unpaired) electrons. The highest BCUT2D eigenvalue weighted by Gasteiger charge is 2.46. The number of aryl methyl sites for hydroxylation is 1. The summed E-state index contributed by atoms with van der Waals surface area (Å²) < 4.78 is 43.9. The number of nitrogens with zero attached hydrogens (tertiary/aromatic N) is 1. The smallest absolute Gasteiger partial charge is 0.416 e. The lowest BCUT2D eigenvalue weighted by Gasteiger charge is -2.16. The van der Waals surface area contributed by atoms with Crippen LogP contribution in [0, 0.1) is 12.8 Å². The number of carbonyl (C=O) groups is 2. The molecule has 2 unspecified atom stereocenters. The minimum absolute atomic E-state index is 0.0408. The molecule has 27 heavy (non-hydrogen) atoms. The quantitative estimate of drug-likeness (QED) is 0.848.